The van der Waals surface area contributed by atoms with Gasteiger partial charge in [-0.1, -0.05) is 34.1 Å². The Morgan fingerprint density at radius 2 is 2.07 bits per heavy atom. The second-order valence-electron chi connectivity index (χ2n) is 6.19. The molecule has 144 valence electrons. The van der Waals surface area contributed by atoms with Crippen molar-refractivity contribution >= 4 is 44.8 Å². The Morgan fingerprint density at radius 1 is 1.32 bits per heavy atom. The van der Waals surface area contributed by atoms with Crippen molar-refractivity contribution in [2.45, 2.75) is 19.1 Å². The molecule has 28 heavy (non-hydrogen) atoms. The number of carbonyl (C=O) groups is 2. The van der Waals surface area contributed by atoms with Gasteiger partial charge in [-0.05, 0) is 24.1 Å². The van der Waals surface area contributed by atoms with Gasteiger partial charge in [-0.2, -0.15) is 0 Å². The molecular formula is C19H14BrFN2O4S. The van der Waals surface area contributed by atoms with Crippen LogP contribution in [0.4, 0.5) is 10.1 Å². The van der Waals surface area contributed by atoms with Crippen LogP contribution in [-0.2, 0) is 9.53 Å². The third-order valence-electron chi connectivity index (χ3n) is 4.33. The molecule has 1 unspecified atom stereocenters. The van der Waals surface area contributed by atoms with Crippen molar-refractivity contribution in [2.75, 3.05) is 5.32 Å². The Kier molecular flexibility index (Phi) is 4.94. The molecular weight excluding hydrogens is 451 g/mol. The summed E-state index contributed by atoms with van der Waals surface area (Å²) >= 11 is 4.56. The van der Waals surface area contributed by atoms with Gasteiger partial charge in [0.1, 0.15) is 11.4 Å². The van der Waals surface area contributed by atoms with Crippen LogP contribution in [0.3, 0.4) is 0 Å². The van der Waals surface area contributed by atoms with Crippen molar-refractivity contribution in [1.29, 1.82) is 0 Å². The molecule has 0 bridgehead atoms. The number of hydrogen-bond acceptors (Lipinski definition) is 5. The van der Waals surface area contributed by atoms with Crippen molar-refractivity contribution in [3.63, 3.8) is 0 Å². The van der Waals surface area contributed by atoms with Crippen LogP contribution < -0.4 is 10.6 Å². The van der Waals surface area contributed by atoms with Crippen LogP contribution in [0.5, 0.6) is 0 Å². The fourth-order valence-electron chi connectivity index (χ4n) is 3.03. The highest BCUT2D eigenvalue weighted by atomic mass is 79.9. The largest absolute Gasteiger partial charge is 0.478 e. The number of nitrogens with one attached hydrogen (secondary N) is 2. The molecule has 1 atom stereocenters. The molecule has 2 heterocycles. The van der Waals surface area contributed by atoms with Gasteiger partial charge in [0.2, 0.25) is 6.23 Å². The second-order valence-corrected chi connectivity index (χ2v) is 7.98. The number of allylic oxidation sites excluding steroid dienone is 2. The SMILES string of the molecule is O=C(O)c1c(NC(=O)C2NC3=CCCC(F)=C3O2)csc1-c1ccc(Br)cc1. The van der Waals surface area contributed by atoms with Crippen molar-refractivity contribution in [2.24, 2.45) is 0 Å². The highest BCUT2D eigenvalue weighted by molar-refractivity contribution is 9.10. The van der Waals surface area contributed by atoms with Crippen LogP contribution in [0.1, 0.15) is 23.2 Å². The number of anilines is 1. The van der Waals surface area contributed by atoms with E-state index >= 15 is 0 Å². The standard InChI is InChI=1S/C19H14BrFN2O4S/c20-10-6-4-9(5-7-10)16-14(19(25)26)13(8-28-16)22-17(24)18-23-12-3-1-2-11(21)15(12)27-18/h3-8,18,23H,1-2H2,(H,22,24)(H,25,26). The maximum atomic E-state index is 13.9. The van der Waals surface area contributed by atoms with Gasteiger partial charge in [0.25, 0.3) is 5.91 Å². The number of aromatic carboxylic acids is 1. The molecule has 1 fully saturated rings. The molecule has 1 aliphatic heterocycles. The van der Waals surface area contributed by atoms with Gasteiger partial charge in [0.15, 0.2) is 5.76 Å². The van der Waals surface area contributed by atoms with Gasteiger partial charge in [0.05, 0.1) is 16.3 Å². The average Bonchev–Trinajstić information content (AvgIpc) is 3.27. The minimum absolute atomic E-state index is 0.000646. The van der Waals surface area contributed by atoms with Gasteiger partial charge >= 0.3 is 5.97 Å². The first-order valence-corrected chi connectivity index (χ1v) is 10.0. The molecule has 1 aliphatic carbocycles. The van der Waals surface area contributed by atoms with Gasteiger partial charge in [-0.3, -0.25) is 4.79 Å². The highest BCUT2D eigenvalue weighted by Gasteiger charge is 2.35. The fourth-order valence-corrected chi connectivity index (χ4v) is 4.29. The lowest BCUT2D eigenvalue weighted by Gasteiger charge is -2.11. The molecule has 0 spiro atoms. The molecule has 0 radical (unpaired) electrons. The first kappa shape index (κ1) is 18.7. The average molecular weight is 465 g/mol. The molecule has 1 aromatic carbocycles. The van der Waals surface area contributed by atoms with Gasteiger partial charge in [-0.25, -0.2) is 9.18 Å². The van der Waals surface area contributed by atoms with E-state index in [1.54, 1.807) is 23.6 Å². The minimum atomic E-state index is -1.15. The van der Waals surface area contributed by atoms with E-state index < -0.39 is 23.9 Å². The summed E-state index contributed by atoms with van der Waals surface area (Å²) in [7, 11) is 0. The number of hydrogen-bond donors (Lipinski definition) is 3. The van der Waals surface area contributed by atoms with E-state index in [2.05, 4.69) is 26.6 Å². The lowest BCUT2D eigenvalue weighted by Crippen LogP contribution is -2.36. The Labute approximate surface area is 171 Å². The Balaban J connectivity index is 1.58. The Bertz CT molecular complexity index is 1030. The van der Waals surface area contributed by atoms with E-state index in [1.807, 2.05) is 12.1 Å². The number of carbonyl (C=O) groups excluding carboxylic acids is 1. The minimum Gasteiger partial charge on any atom is -0.478 e. The second kappa shape index (κ2) is 7.40. The Hall–Kier alpha value is -2.65. The quantitative estimate of drug-likeness (QED) is 0.614. The lowest BCUT2D eigenvalue weighted by atomic mass is 10.1. The van der Waals surface area contributed by atoms with Crippen LogP contribution >= 0.6 is 27.3 Å². The van der Waals surface area contributed by atoms with Crippen LogP contribution in [0.25, 0.3) is 10.4 Å². The van der Waals surface area contributed by atoms with Crippen molar-refractivity contribution < 1.29 is 23.8 Å². The number of ether oxygens (including phenoxy) is 1. The number of benzene rings is 1. The first-order valence-electron chi connectivity index (χ1n) is 8.38. The Morgan fingerprint density at radius 3 is 2.75 bits per heavy atom. The number of fused-ring (bicyclic) bond motifs is 1. The van der Waals surface area contributed by atoms with E-state index in [4.69, 9.17) is 4.74 Å². The third-order valence-corrected chi connectivity index (χ3v) is 5.89. The van der Waals surface area contributed by atoms with E-state index in [-0.39, 0.29) is 23.4 Å². The zero-order chi connectivity index (χ0) is 19.8. The molecule has 2 aliphatic rings. The normalized spacial score (nSPS) is 18.1. The highest BCUT2D eigenvalue weighted by Crippen LogP contribution is 2.37. The zero-order valence-electron chi connectivity index (χ0n) is 14.3. The van der Waals surface area contributed by atoms with E-state index in [0.29, 0.717) is 17.0 Å². The smallest absolute Gasteiger partial charge is 0.339 e. The summed E-state index contributed by atoms with van der Waals surface area (Å²) in [4.78, 5) is 24.9. The fraction of sp³-hybridized carbons (Fsp3) is 0.158. The summed E-state index contributed by atoms with van der Waals surface area (Å²) in [5.41, 5.74) is 1.35. The number of halogens is 2. The maximum absolute atomic E-state index is 13.9. The number of thiophene rings is 1. The molecule has 3 N–H and O–H groups in total. The molecule has 9 heteroatoms. The van der Waals surface area contributed by atoms with Crippen molar-refractivity contribution in [1.82, 2.24) is 5.32 Å². The van der Waals surface area contributed by atoms with Gasteiger partial charge in [-0.15, -0.1) is 11.3 Å². The summed E-state index contributed by atoms with van der Waals surface area (Å²) in [6.07, 6.45) is 1.41. The van der Waals surface area contributed by atoms with Crippen LogP contribution in [0.2, 0.25) is 0 Å². The number of carboxylic acids is 1. The summed E-state index contributed by atoms with van der Waals surface area (Å²) in [6, 6.07) is 7.21. The number of amides is 1. The third kappa shape index (κ3) is 3.43. The van der Waals surface area contributed by atoms with Gasteiger partial charge in [0, 0.05) is 16.3 Å². The topological polar surface area (TPSA) is 87.7 Å². The van der Waals surface area contributed by atoms with Crippen molar-refractivity contribution in [3.05, 3.63) is 63.0 Å². The summed E-state index contributed by atoms with van der Waals surface area (Å²) in [5, 5.41) is 16.6. The molecule has 1 amide bonds. The number of rotatable bonds is 4. The summed E-state index contributed by atoms with van der Waals surface area (Å²) < 4.78 is 20.1. The molecule has 6 nitrogen and oxygen atoms in total. The van der Waals surface area contributed by atoms with Gasteiger partial charge < -0.3 is 20.5 Å². The predicted octanol–water partition coefficient (Wildman–Crippen LogP) is 4.62. The van der Waals surface area contributed by atoms with Crippen LogP contribution in [0.15, 0.2) is 57.5 Å². The van der Waals surface area contributed by atoms with Crippen molar-refractivity contribution in [3.8, 4) is 10.4 Å². The molecule has 4 rings (SSSR count). The molecule has 0 saturated carbocycles. The molecule has 1 saturated heterocycles. The first-order chi connectivity index (χ1) is 13.4. The predicted molar refractivity (Wildman–Crippen MR) is 107 cm³/mol. The number of carboxylic acid groups (broad SMARTS) is 1. The monoisotopic (exact) mass is 464 g/mol. The van der Waals surface area contributed by atoms with E-state index in [9.17, 15) is 19.1 Å². The lowest BCUT2D eigenvalue weighted by molar-refractivity contribution is -0.124. The summed E-state index contributed by atoms with van der Waals surface area (Å²) in [5.74, 6) is -2.11. The van der Waals surface area contributed by atoms with Crippen LogP contribution in [0, 0.1) is 0 Å². The van der Waals surface area contributed by atoms with Crippen LogP contribution in [-0.4, -0.2) is 23.2 Å². The molecule has 2 aromatic rings. The maximum Gasteiger partial charge on any atom is 0.339 e. The van der Waals surface area contributed by atoms with E-state index in [0.717, 1.165) is 10.0 Å². The summed E-state index contributed by atoms with van der Waals surface area (Å²) in [6.45, 7) is 0. The van der Waals surface area contributed by atoms with E-state index in [1.165, 1.54) is 11.3 Å². The zero-order valence-corrected chi connectivity index (χ0v) is 16.7. The molecule has 1 aromatic heterocycles.